The maximum absolute atomic E-state index is 12.8. The van der Waals surface area contributed by atoms with E-state index in [4.69, 9.17) is 0 Å². The van der Waals surface area contributed by atoms with Gasteiger partial charge >= 0.3 is 0 Å². The van der Waals surface area contributed by atoms with Gasteiger partial charge in [-0.15, -0.1) is 0 Å². The van der Waals surface area contributed by atoms with Crippen LogP contribution in [0.25, 0.3) is 0 Å². The molecule has 0 spiro atoms. The zero-order chi connectivity index (χ0) is 23.4. The molecule has 3 aromatic carbocycles. The summed E-state index contributed by atoms with van der Waals surface area (Å²) >= 11 is 0. The number of nitrogens with zero attached hydrogens (tertiary/aromatic N) is 2. The molecule has 6 nitrogen and oxygen atoms in total. The van der Waals surface area contributed by atoms with Crippen molar-refractivity contribution < 1.29 is 13.2 Å². The highest BCUT2D eigenvalue weighted by Gasteiger charge is 2.28. The van der Waals surface area contributed by atoms with E-state index in [2.05, 4.69) is 10.2 Å². The first-order chi connectivity index (χ1) is 15.8. The van der Waals surface area contributed by atoms with Gasteiger partial charge in [-0.2, -0.15) is 4.31 Å². The van der Waals surface area contributed by atoms with E-state index in [0.717, 1.165) is 22.4 Å². The Morgan fingerprint density at radius 2 is 1.61 bits per heavy atom. The van der Waals surface area contributed by atoms with E-state index in [1.54, 1.807) is 28.6 Å². The summed E-state index contributed by atoms with van der Waals surface area (Å²) in [4.78, 5) is 15.3. The van der Waals surface area contributed by atoms with Crippen molar-refractivity contribution in [2.45, 2.75) is 25.3 Å². The van der Waals surface area contributed by atoms with Crippen LogP contribution in [0.1, 0.15) is 27.0 Å². The summed E-state index contributed by atoms with van der Waals surface area (Å²) in [6, 6.07) is 22.1. The van der Waals surface area contributed by atoms with Crippen molar-refractivity contribution in [2.75, 3.05) is 31.5 Å². The van der Waals surface area contributed by atoms with E-state index in [-0.39, 0.29) is 5.91 Å². The van der Waals surface area contributed by atoms with Crippen LogP contribution in [0.5, 0.6) is 0 Å². The first-order valence-corrected chi connectivity index (χ1v) is 12.5. The fourth-order valence-corrected chi connectivity index (χ4v) is 5.53. The number of carbonyl (C=O) groups is 1. The van der Waals surface area contributed by atoms with Gasteiger partial charge in [0.05, 0.1) is 4.90 Å². The Hall–Kier alpha value is -3.00. The van der Waals surface area contributed by atoms with E-state index in [0.29, 0.717) is 43.2 Å². The second-order valence-electron chi connectivity index (χ2n) is 8.47. The largest absolute Gasteiger partial charge is 0.322 e. The molecule has 0 unspecified atom stereocenters. The molecule has 0 atom stereocenters. The fraction of sp³-hybridized carbons (Fsp3) is 0.269. The molecule has 7 heteroatoms. The van der Waals surface area contributed by atoms with Crippen LogP contribution >= 0.6 is 0 Å². The number of anilines is 1. The summed E-state index contributed by atoms with van der Waals surface area (Å²) in [7, 11) is -3.46. The van der Waals surface area contributed by atoms with E-state index in [1.165, 1.54) is 0 Å². The maximum atomic E-state index is 12.8. The Morgan fingerprint density at radius 1 is 0.879 bits per heavy atom. The van der Waals surface area contributed by atoms with Gasteiger partial charge in [-0.25, -0.2) is 8.42 Å². The summed E-state index contributed by atoms with van der Waals surface area (Å²) in [5.41, 5.74) is 4.64. The van der Waals surface area contributed by atoms with Crippen molar-refractivity contribution in [3.8, 4) is 0 Å². The molecule has 1 N–H and O–H groups in total. The summed E-state index contributed by atoms with van der Waals surface area (Å²) < 4.78 is 27.2. The van der Waals surface area contributed by atoms with Crippen molar-refractivity contribution in [3.05, 3.63) is 95.1 Å². The molecule has 4 rings (SSSR count). The minimum Gasteiger partial charge on any atom is -0.322 e. The number of nitrogens with one attached hydrogen (secondary N) is 1. The van der Waals surface area contributed by atoms with E-state index >= 15 is 0 Å². The van der Waals surface area contributed by atoms with Gasteiger partial charge in [-0.05, 0) is 55.3 Å². The molecule has 1 aliphatic heterocycles. The fourth-order valence-electron chi connectivity index (χ4n) is 4.09. The zero-order valence-electron chi connectivity index (χ0n) is 19.0. The lowest BCUT2D eigenvalue weighted by Gasteiger charge is -2.34. The Bertz CT molecular complexity index is 1230. The molecule has 0 aliphatic carbocycles. The highest BCUT2D eigenvalue weighted by molar-refractivity contribution is 7.89. The standard InChI is InChI=1S/C26H29N3O3S/c1-20-11-12-25(21(2)17-20)27-26(30)23-8-6-7-22(18-23)19-28-13-15-29(16-14-28)33(31,32)24-9-4-3-5-10-24/h3-12,17-18H,13-16,19H2,1-2H3,(H,27,30). The maximum Gasteiger partial charge on any atom is 0.255 e. The van der Waals surface area contributed by atoms with Crippen LogP contribution in [0.4, 0.5) is 5.69 Å². The van der Waals surface area contributed by atoms with Crippen molar-refractivity contribution in [3.63, 3.8) is 0 Å². The lowest BCUT2D eigenvalue weighted by molar-refractivity contribution is 0.102. The first-order valence-electron chi connectivity index (χ1n) is 11.1. The molecule has 1 saturated heterocycles. The summed E-state index contributed by atoms with van der Waals surface area (Å²) in [6.45, 7) is 6.86. The average Bonchev–Trinajstić information content (AvgIpc) is 2.82. The van der Waals surface area contributed by atoms with Gasteiger partial charge in [0.2, 0.25) is 10.0 Å². The minimum atomic E-state index is -3.46. The predicted molar refractivity (Wildman–Crippen MR) is 131 cm³/mol. The number of sulfonamides is 1. The molecular formula is C26H29N3O3S. The predicted octanol–water partition coefficient (Wildman–Crippen LogP) is 4.06. The SMILES string of the molecule is Cc1ccc(NC(=O)c2cccc(CN3CCN(S(=O)(=O)c4ccccc4)CC3)c2)c(C)c1. The van der Waals surface area contributed by atoms with Crippen LogP contribution in [-0.2, 0) is 16.6 Å². The Labute approximate surface area is 195 Å². The monoisotopic (exact) mass is 463 g/mol. The molecule has 1 fully saturated rings. The smallest absolute Gasteiger partial charge is 0.255 e. The lowest BCUT2D eigenvalue weighted by atomic mass is 10.1. The number of rotatable bonds is 6. The molecule has 1 heterocycles. The van der Waals surface area contributed by atoms with Gasteiger partial charge in [0.25, 0.3) is 5.91 Å². The van der Waals surface area contributed by atoms with Crippen LogP contribution in [0, 0.1) is 13.8 Å². The number of amides is 1. The van der Waals surface area contributed by atoms with Crippen LogP contribution in [0.15, 0.2) is 77.7 Å². The minimum absolute atomic E-state index is 0.137. The van der Waals surface area contributed by atoms with Gasteiger partial charge in [0, 0.05) is 44.0 Å². The molecule has 0 aromatic heterocycles. The van der Waals surface area contributed by atoms with Gasteiger partial charge in [-0.3, -0.25) is 9.69 Å². The summed E-state index contributed by atoms with van der Waals surface area (Å²) in [5, 5.41) is 3.00. The Kier molecular flexibility index (Phi) is 6.93. The first kappa shape index (κ1) is 23.2. The summed E-state index contributed by atoms with van der Waals surface area (Å²) in [5.74, 6) is -0.137. The highest BCUT2D eigenvalue weighted by atomic mass is 32.2. The number of carbonyl (C=O) groups excluding carboxylic acids is 1. The van der Waals surface area contributed by atoms with Crippen LogP contribution in [0.3, 0.4) is 0 Å². The highest BCUT2D eigenvalue weighted by Crippen LogP contribution is 2.20. The number of hydrogen-bond donors (Lipinski definition) is 1. The van der Waals surface area contributed by atoms with E-state index < -0.39 is 10.0 Å². The van der Waals surface area contributed by atoms with Crippen molar-refractivity contribution in [1.82, 2.24) is 9.21 Å². The van der Waals surface area contributed by atoms with Crippen LogP contribution < -0.4 is 5.32 Å². The third-order valence-corrected chi connectivity index (χ3v) is 7.85. The third-order valence-electron chi connectivity index (χ3n) is 5.94. The van der Waals surface area contributed by atoms with E-state index in [1.807, 2.05) is 62.4 Å². The lowest BCUT2D eigenvalue weighted by Crippen LogP contribution is -2.48. The van der Waals surface area contributed by atoms with Crippen molar-refractivity contribution in [2.24, 2.45) is 0 Å². The number of hydrogen-bond acceptors (Lipinski definition) is 4. The number of aryl methyl sites for hydroxylation is 2. The molecule has 3 aromatic rings. The van der Waals surface area contributed by atoms with Crippen molar-refractivity contribution >= 4 is 21.6 Å². The molecule has 0 saturated carbocycles. The van der Waals surface area contributed by atoms with Crippen LogP contribution in [-0.4, -0.2) is 49.7 Å². The van der Waals surface area contributed by atoms with Gasteiger partial charge in [0.1, 0.15) is 0 Å². The Balaban J connectivity index is 1.37. The normalized spacial score (nSPS) is 15.3. The van der Waals surface area contributed by atoms with Crippen molar-refractivity contribution in [1.29, 1.82) is 0 Å². The summed E-state index contributed by atoms with van der Waals surface area (Å²) in [6.07, 6.45) is 0. The topological polar surface area (TPSA) is 69.7 Å². The zero-order valence-corrected chi connectivity index (χ0v) is 19.8. The Morgan fingerprint density at radius 3 is 2.30 bits per heavy atom. The number of benzene rings is 3. The van der Waals surface area contributed by atoms with Gasteiger partial charge in [-0.1, -0.05) is 48.0 Å². The number of piperazine rings is 1. The average molecular weight is 464 g/mol. The molecule has 172 valence electrons. The second kappa shape index (κ2) is 9.87. The van der Waals surface area contributed by atoms with E-state index in [9.17, 15) is 13.2 Å². The molecule has 1 amide bonds. The molecule has 0 bridgehead atoms. The molecular weight excluding hydrogens is 434 g/mol. The quantitative estimate of drug-likeness (QED) is 0.599. The second-order valence-corrected chi connectivity index (χ2v) is 10.4. The molecule has 1 aliphatic rings. The molecule has 33 heavy (non-hydrogen) atoms. The van der Waals surface area contributed by atoms with Gasteiger partial charge < -0.3 is 5.32 Å². The van der Waals surface area contributed by atoms with Crippen LogP contribution in [0.2, 0.25) is 0 Å². The molecule has 0 radical (unpaired) electrons. The third kappa shape index (κ3) is 5.50. The van der Waals surface area contributed by atoms with Gasteiger partial charge in [0.15, 0.2) is 0 Å².